The van der Waals surface area contributed by atoms with Crippen molar-refractivity contribution in [1.29, 1.82) is 0 Å². The number of hydrogen-bond acceptors (Lipinski definition) is 7. The van der Waals surface area contributed by atoms with Gasteiger partial charge in [0.1, 0.15) is 6.61 Å². The Morgan fingerprint density at radius 1 is 0.600 bits per heavy atom. The van der Waals surface area contributed by atoms with Gasteiger partial charge in [-0.25, -0.2) is 4.79 Å². The molecule has 0 saturated carbocycles. The predicted octanol–water partition coefficient (Wildman–Crippen LogP) is 3.44. The maximum Gasteiger partial charge on any atom is 0.460 e. The van der Waals surface area contributed by atoms with Crippen LogP contribution in [0, 0.1) is 0 Å². The SMILES string of the molecule is CC(C)(C)OCCOCCOC(=O)C(F)(OCCOCCOC(C)(C)C)C(F)(F)F. The second-order valence-corrected chi connectivity index (χ2v) is 8.22. The van der Waals surface area contributed by atoms with Crippen LogP contribution in [0.3, 0.4) is 0 Å². The lowest BCUT2D eigenvalue weighted by atomic mass is 10.2. The van der Waals surface area contributed by atoms with E-state index in [1.165, 1.54) is 0 Å². The summed E-state index contributed by atoms with van der Waals surface area (Å²) in [6, 6.07) is 0. The van der Waals surface area contributed by atoms with Gasteiger partial charge in [0, 0.05) is 0 Å². The first-order chi connectivity index (χ1) is 13.6. The number of halogens is 4. The van der Waals surface area contributed by atoms with E-state index < -0.39 is 36.8 Å². The first kappa shape index (κ1) is 29.0. The van der Waals surface area contributed by atoms with Gasteiger partial charge in [-0.15, -0.1) is 0 Å². The first-order valence-electron chi connectivity index (χ1n) is 9.59. The van der Waals surface area contributed by atoms with Gasteiger partial charge >= 0.3 is 18.0 Å². The van der Waals surface area contributed by atoms with E-state index >= 15 is 0 Å². The van der Waals surface area contributed by atoms with Crippen LogP contribution in [0.4, 0.5) is 17.6 Å². The Hall–Kier alpha value is -1.01. The second kappa shape index (κ2) is 12.7. The van der Waals surface area contributed by atoms with Gasteiger partial charge in [0.05, 0.1) is 57.5 Å². The average molecular weight is 450 g/mol. The van der Waals surface area contributed by atoms with Crippen LogP contribution >= 0.6 is 0 Å². The Morgan fingerprint density at radius 2 is 0.967 bits per heavy atom. The molecule has 0 spiro atoms. The minimum atomic E-state index is -5.61. The molecule has 180 valence electrons. The Balaban J connectivity index is 4.23. The fourth-order valence-electron chi connectivity index (χ4n) is 1.80. The zero-order valence-corrected chi connectivity index (χ0v) is 18.5. The zero-order valence-electron chi connectivity index (χ0n) is 18.5. The molecule has 1 atom stereocenters. The molecule has 0 aromatic heterocycles. The van der Waals surface area contributed by atoms with Crippen molar-refractivity contribution in [2.45, 2.75) is 64.8 Å². The predicted molar refractivity (Wildman–Crippen MR) is 99.9 cm³/mol. The molecule has 0 aromatic rings. The van der Waals surface area contributed by atoms with Crippen molar-refractivity contribution < 1.29 is 50.8 Å². The maximum absolute atomic E-state index is 14.2. The molecule has 0 bridgehead atoms. The number of ether oxygens (including phenoxy) is 6. The fraction of sp³-hybridized carbons (Fsp3) is 0.947. The molecule has 0 aliphatic heterocycles. The summed E-state index contributed by atoms with van der Waals surface area (Å²) in [5, 5.41) is 0. The molecule has 1 unspecified atom stereocenters. The summed E-state index contributed by atoms with van der Waals surface area (Å²) in [6.45, 7) is 9.72. The summed E-state index contributed by atoms with van der Waals surface area (Å²) in [7, 11) is 0. The fourth-order valence-corrected chi connectivity index (χ4v) is 1.80. The van der Waals surface area contributed by atoms with Crippen LogP contribution in [-0.4, -0.2) is 82.1 Å². The molecule has 30 heavy (non-hydrogen) atoms. The molecule has 7 nitrogen and oxygen atoms in total. The molecule has 0 rings (SSSR count). The highest BCUT2D eigenvalue weighted by molar-refractivity contribution is 5.78. The third-order valence-electron chi connectivity index (χ3n) is 3.14. The van der Waals surface area contributed by atoms with Crippen LogP contribution in [0.15, 0.2) is 0 Å². The molecule has 0 aromatic carbocycles. The van der Waals surface area contributed by atoms with E-state index in [2.05, 4.69) is 9.47 Å². The smallest absolute Gasteiger partial charge is 0.459 e. The van der Waals surface area contributed by atoms with Gasteiger partial charge in [0.25, 0.3) is 0 Å². The van der Waals surface area contributed by atoms with Gasteiger partial charge in [-0.3, -0.25) is 0 Å². The van der Waals surface area contributed by atoms with Gasteiger partial charge < -0.3 is 28.4 Å². The minimum absolute atomic E-state index is 0.0760. The van der Waals surface area contributed by atoms with E-state index in [1.54, 1.807) is 0 Å². The highest BCUT2D eigenvalue weighted by Gasteiger charge is 2.65. The molecule has 0 heterocycles. The Bertz CT molecular complexity index is 487. The number of alkyl halides is 4. The number of carbonyl (C=O) groups excluding carboxylic acids is 1. The monoisotopic (exact) mass is 450 g/mol. The summed E-state index contributed by atoms with van der Waals surface area (Å²) in [5.41, 5.74) is -0.756. The maximum atomic E-state index is 14.2. The van der Waals surface area contributed by atoms with E-state index in [9.17, 15) is 22.4 Å². The summed E-state index contributed by atoms with van der Waals surface area (Å²) in [5.74, 6) is -6.78. The van der Waals surface area contributed by atoms with Gasteiger partial charge in [-0.1, -0.05) is 0 Å². The summed E-state index contributed by atoms with van der Waals surface area (Å²) < 4.78 is 82.5. The Kier molecular flexibility index (Phi) is 12.3. The molecule has 11 heteroatoms. The van der Waals surface area contributed by atoms with Crippen LogP contribution in [0.1, 0.15) is 41.5 Å². The van der Waals surface area contributed by atoms with E-state index in [4.69, 9.17) is 18.9 Å². The molecule has 0 radical (unpaired) electrons. The van der Waals surface area contributed by atoms with E-state index in [1.807, 2.05) is 41.5 Å². The topological polar surface area (TPSA) is 72.5 Å². The molecule has 0 aliphatic carbocycles. The summed E-state index contributed by atoms with van der Waals surface area (Å²) >= 11 is 0. The molecule has 0 fully saturated rings. The summed E-state index contributed by atoms with van der Waals surface area (Å²) in [6.07, 6.45) is -5.61. The van der Waals surface area contributed by atoms with Gasteiger partial charge in [0.15, 0.2) is 0 Å². The van der Waals surface area contributed by atoms with Gasteiger partial charge in [-0.2, -0.15) is 17.6 Å². The van der Waals surface area contributed by atoms with Crippen LogP contribution in [0.2, 0.25) is 0 Å². The van der Waals surface area contributed by atoms with Crippen molar-refractivity contribution in [2.75, 3.05) is 52.9 Å². The lowest BCUT2D eigenvalue weighted by molar-refractivity contribution is -0.325. The molecular formula is C19H34F4O7. The van der Waals surface area contributed by atoms with E-state index in [0.29, 0.717) is 0 Å². The number of rotatable bonds is 14. The number of hydrogen-bond donors (Lipinski definition) is 0. The summed E-state index contributed by atoms with van der Waals surface area (Å²) in [4.78, 5) is 11.6. The lowest BCUT2D eigenvalue weighted by Gasteiger charge is -2.25. The third-order valence-corrected chi connectivity index (χ3v) is 3.14. The first-order valence-corrected chi connectivity index (χ1v) is 9.59. The van der Waals surface area contributed by atoms with Crippen molar-refractivity contribution in [2.24, 2.45) is 0 Å². The molecular weight excluding hydrogens is 416 g/mol. The van der Waals surface area contributed by atoms with Gasteiger partial charge in [-0.05, 0) is 41.5 Å². The molecule has 0 saturated heterocycles. The molecule has 0 amide bonds. The zero-order chi connectivity index (χ0) is 23.5. The van der Waals surface area contributed by atoms with Crippen LogP contribution in [0.5, 0.6) is 0 Å². The van der Waals surface area contributed by atoms with Crippen LogP contribution in [-0.2, 0) is 33.2 Å². The second-order valence-electron chi connectivity index (χ2n) is 8.22. The highest BCUT2D eigenvalue weighted by Crippen LogP contribution is 2.36. The quantitative estimate of drug-likeness (QED) is 0.228. The van der Waals surface area contributed by atoms with Gasteiger partial charge in [0.2, 0.25) is 0 Å². The highest BCUT2D eigenvalue weighted by atomic mass is 19.4. The molecule has 0 aliphatic rings. The lowest BCUT2D eigenvalue weighted by Crippen LogP contribution is -2.52. The number of esters is 1. The van der Waals surface area contributed by atoms with Crippen LogP contribution < -0.4 is 0 Å². The van der Waals surface area contributed by atoms with Crippen LogP contribution in [0.25, 0.3) is 0 Å². The van der Waals surface area contributed by atoms with Crippen molar-refractivity contribution in [1.82, 2.24) is 0 Å². The normalized spacial score (nSPS) is 15.1. The van der Waals surface area contributed by atoms with Crippen molar-refractivity contribution in [3.8, 4) is 0 Å². The van der Waals surface area contributed by atoms with Crippen molar-refractivity contribution >= 4 is 5.97 Å². The third kappa shape index (κ3) is 13.3. The average Bonchev–Trinajstić information content (AvgIpc) is 2.56. The van der Waals surface area contributed by atoms with E-state index in [-0.39, 0.29) is 45.2 Å². The minimum Gasteiger partial charge on any atom is -0.459 e. The largest absolute Gasteiger partial charge is 0.460 e. The molecule has 0 N–H and O–H groups in total. The number of carbonyl (C=O) groups is 1. The standard InChI is InChI=1S/C19H34F4O7/c1-16(2,3)28-12-8-25-7-11-27-15(24)18(20,19(21,22)23)30-14-10-26-9-13-29-17(4,5)6/h7-14H2,1-6H3. The Morgan fingerprint density at radius 3 is 1.33 bits per heavy atom. The van der Waals surface area contributed by atoms with Crippen molar-refractivity contribution in [3.05, 3.63) is 0 Å². The van der Waals surface area contributed by atoms with Crippen molar-refractivity contribution in [3.63, 3.8) is 0 Å². The van der Waals surface area contributed by atoms with E-state index in [0.717, 1.165) is 0 Å². The Labute approximate surface area is 175 Å².